The van der Waals surface area contributed by atoms with E-state index >= 15 is 0 Å². The number of phenolic OH excluding ortho intramolecular Hbond substituents is 1. The molecule has 0 aliphatic carbocycles. The molecule has 140 valence electrons. The van der Waals surface area contributed by atoms with Gasteiger partial charge in [-0.25, -0.2) is 0 Å². The van der Waals surface area contributed by atoms with Crippen molar-refractivity contribution in [2.45, 2.75) is 39.9 Å². The first-order valence-corrected chi connectivity index (χ1v) is 9.66. The summed E-state index contributed by atoms with van der Waals surface area (Å²) in [6.07, 6.45) is 1.62. The highest BCUT2D eigenvalue weighted by molar-refractivity contribution is 7.84. The molecule has 1 aromatic carbocycles. The van der Waals surface area contributed by atoms with Crippen molar-refractivity contribution in [1.29, 1.82) is 0 Å². The maximum atomic E-state index is 11.4. The van der Waals surface area contributed by atoms with Crippen molar-refractivity contribution in [1.82, 2.24) is 0 Å². The third-order valence-electron chi connectivity index (χ3n) is 3.00. The molecule has 1 unspecified atom stereocenters. The van der Waals surface area contributed by atoms with E-state index in [9.17, 15) is 9.32 Å². The predicted molar refractivity (Wildman–Crippen MR) is 102 cm³/mol. The SMILES string of the molecule is CC=O.CCCO.CCS(=O)Cc1ccc(-c2ccc(C)c(O)c2)o1. The van der Waals surface area contributed by atoms with Crippen LogP contribution in [-0.4, -0.2) is 33.1 Å². The number of phenols is 1. The Balaban J connectivity index is 0.000000708. The van der Waals surface area contributed by atoms with Crippen molar-refractivity contribution in [2.24, 2.45) is 0 Å². The van der Waals surface area contributed by atoms with Crippen molar-refractivity contribution < 1.29 is 23.6 Å². The molecule has 1 heterocycles. The number of aryl methyl sites for hydroxylation is 1. The summed E-state index contributed by atoms with van der Waals surface area (Å²) in [6.45, 7) is 7.43. The molecular weight excluding hydrogens is 340 g/mol. The van der Waals surface area contributed by atoms with Gasteiger partial charge in [-0.3, -0.25) is 4.21 Å². The third kappa shape index (κ3) is 9.22. The van der Waals surface area contributed by atoms with Crippen LogP contribution in [0.5, 0.6) is 5.75 Å². The van der Waals surface area contributed by atoms with Gasteiger partial charge < -0.3 is 19.4 Å². The molecule has 0 aliphatic rings. The third-order valence-corrected chi connectivity index (χ3v) is 4.25. The van der Waals surface area contributed by atoms with Gasteiger partial charge in [0.25, 0.3) is 0 Å². The fraction of sp³-hybridized carbons (Fsp3) is 0.421. The molecule has 6 heteroatoms. The van der Waals surface area contributed by atoms with Gasteiger partial charge >= 0.3 is 0 Å². The molecule has 0 saturated carbocycles. The van der Waals surface area contributed by atoms with E-state index in [1.165, 1.54) is 6.92 Å². The van der Waals surface area contributed by atoms with Crippen LogP contribution in [0.4, 0.5) is 0 Å². The molecule has 0 aliphatic heterocycles. The summed E-state index contributed by atoms with van der Waals surface area (Å²) in [5.74, 6) is 2.72. The van der Waals surface area contributed by atoms with Gasteiger partial charge in [0.05, 0.1) is 5.75 Å². The number of carbonyl (C=O) groups is 1. The summed E-state index contributed by atoms with van der Waals surface area (Å²) < 4.78 is 17.1. The van der Waals surface area contributed by atoms with Gasteiger partial charge in [-0.05, 0) is 44.0 Å². The predicted octanol–water partition coefficient (Wildman–Crippen LogP) is 3.82. The second kappa shape index (κ2) is 13.4. The lowest BCUT2D eigenvalue weighted by atomic mass is 10.1. The van der Waals surface area contributed by atoms with Crippen LogP contribution in [0.1, 0.15) is 38.5 Å². The number of rotatable bonds is 5. The summed E-state index contributed by atoms with van der Waals surface area (Å²) in [4.78, 5) is 8.81. The fourth-order valence-electron chi connectivity index (χ4n) is 1.63. The van der Waals surface area contributed by atoms with Crippen molar-refractivity contribution >= 4 is 17.1 Å². The number of hydrogen-bond acceptors (Lipinski definition) is 5. The minimum Gasteiger partial charge on any atom is -0.508 e. The normalized spacial score (nSPS) is 10.8. The monoisotopic (exact) mass is 368 g/mol. The molecule has 0 fully saturated rings. The molecule has 2 aromatic rings. The minimum atomic E-state index is -0.872. The Kier molecular flexibility index (Phi) is 12.4. The molecule has 0 radical (unpaired) electrons. The Labute approximate surface area is 152 Å². The van der Waals surface area contributed by atoms with Crippen LogP contribution in [0.15, 0.2) is 34.7 Å². The average molecular weight is 368 g/mol. The standard InChI is InChI=1S/C14H16O3S.C3H8O.C2H4O/c1-3-18(16)9-12-6-7-14(17-12)11-5-4-10(2)13(15)8-11;1-2-3-4;1-2-3/h4-8,15H,3,9H2,1-2H3;4H,2-3H2,1H3;2H,1H3. The topological polar surface area (TPSA) is 87.7 Å². The molecular formula is C19H28O5S. The second-order valence-corrected chi connectivity index (χ2v) is 6.85. The van der Waals surface area contributed by atoms with Crippen LogP contribution in [0, 0.1) is 6.92 Å². The summed E-state index contributed by atoms with van der Waals surface area (Å²) in [6, 6.07) is 9.09. The number of hydrogen-bond donors (Lipinski definition) is 2. The van der Waals surface area contributed by atoms with E-state index in [4.69, 9.17) is 14.3 Å². The molecule has 25 heavy (non-hydrogen) atoms. The van der Waals surface area contributed by atoms with E-state index in [2.05, 4.69) is 0 Å². The van der Waals surface area contributed by atoms with Crippen LogP contribution in [0.2, 0.25) is 0 Å². The average Bonchev–Trinajstić information content (AvgIpc) is 3.06. The van der Waals surface area contributed by atoms with Gasteiger partial charge in [0.2, 0.25) is 0 Å². The quantitative estimate of drug-likeness (QED) is 0.783. The number of furan rings is 1. The lowest BCUT2D eigenvalue weighted by molar-refractivity contribution is -0.106. The van der Waals surface area contributed by atoms with Crippen LogP contribution >= 0.6 is 0 Å². The molecule has 1 atom stereocenters. The zero-order valence-corrected chi connectivity index (χ0v) is 16.1. The van der Waals surface area contributed by atoms with Crippen LogP contribution in [0.3, 0.4) is 0 Å². The molecule has 5 nitrogen and oxygen atoms in total. The second-order valence-electron chi connectivity index (χ2n) is 5.10. The van der Waals surface area contributed by atoms with E-state index in [1.807, 2.05) is 45.0 Å². The Morgan fingerprint density at radius 1 is 1.20 bits per heavy atom. The lowest BCUT2D eigenvalue weighted by Gasteiger charge is -2.01. The Morgan fingerprint density at radius 3 is 2.28 bits per heavy atom. The Bertz CT molecular complexity index is 647. The number of aliphatic hydroxyl groups excluding tert-OH is 1. The van der Waals surface area contributed by atoms with E-state index in [0.29, 0.717) is 29.6 Å². The van der Waals surface area contributed by atoms with Gasteiger partial charge in [-0.15, -0.1) is 0 Å². The van der Waals surface area contributed by atoms with E-state index in [0.717, 1.165) is 23.8 Å². The van der Waals surface area contributed by atoms with Crippen LogP contribution < -0.4 is 0 Å². The van der Waals surface area contributed by atoms with E-state index in [1.54, 1.807) is 6.07 Å². The molecule has 0 bridgehead atoms. The van der Waals surface area contributed by atoms with Gasteiger partial charge in [0.1, 0.15) is 23.6 Å². The van der Waals surface area contributed by atoms with Crippen LogP contribution in [0.25, 0.3) is 11.3 Å². The maximum Gasteiger partial charge on any atom is 0.134 e. The van der Waals surface area contributed by atoms with E-state index in [-0.39, 0.29) is 5.75 Å². The lowest BCUT2D eigenvalue weighted by Crippen LogP contribution is -1.95. The highest BCUT2D eigenvalue weighted by Crippen LogP contribution is 2.27. The summed E-state index contributed by atoms with van der Waals surface area (Å²) in [5, 5.41) is 17.5. The molecule has 0 amide bonds. The Morgan fingerprint density at radius 2 is 1.80 bits per heavy atom. The van der Waals surface area contributed by atoms with Crippen molar-refractivity contribution in [2.75, 3.05) is 12.4 Å². The van der Waals surface area contributed by atoms with Gasteiger partial charge in [-0.2, -0.15) is 0 Å². The van der Waals surface area contributed by atoms with Gasteiger partial charge in [0.15, 0.2) is 0 Å². The number of aldehydes is 1. The number of aromatic hydroxyl groups is 1. The first-order valence-electron chi connectivity index (χ1n) is 8.17. The first kappa shape index (κ1) is 23.1. The van der Waals surface area contributed by atoms with Crippen molar-refractivity contribution in [3.8, 4) is 17.1 Å². The number of aliphatic hydroxyl groups is 1. The molecule has 2 rings (SSSR count). The number of carbonyl (C=O) groups excluding carboxylic acids is 1. The first-order chi connectivity index (χ1) is 11.9. The van der Waals surface area contributed by atoms with E-state index < -0.39 is 10.8 Å². The highest BCUT2D eigenvalue weighted by Gasteiger charge is 2.08. The van der Waals surface area contributed by atoms with Gasteiger partial charge in [-0.1, -0.05) is 26.0 Å². The molecule has 0 spiro atoms. The maximum absolute atomic E-state index is 11.4. The fourth-order valence-corrected chi connectivity index (χ4v) is 2.31. The molecule has 1 aromatic heterocycles. The minimum absolute atomic E-state index is 0.252. The number of benzene rings is 1. The van der Waals surface area contributed by atoms with Gasteiger partial charge in [0, 0.05) is 28.7 Å². The molecule has 2 N–H and O–H groups in total. The molecule has 0 saturated heterocycles. The zero-order valence-electron chi connectivity index (χ0n) is 15.3. The summed E-state index contributed by atoms with van der Waals surface area (Å²) in [5.41, 5.74) is 1.66. The van der Waals surface area contributed by atoms with Crippen molar-refractivity contribution in [3.05, 3.63) is 41.7 Å². The zero-order chi connectivity index (χ0) is 19.2. The largest absolute Gasteiger partial charge is 0.508 e. The Hall–Kier alpha value is -1.92. The smallest absolute Gasteiger partial charge is 0.134 e. The summed E-state index contributed by atoms with van der Waals surface area (Å²) in [7, 11) is -0.872. The highest BCUT2D eigenvalue weighted by atomic mass is 32.2. The summed E-state index contributed by atoms with van der Waals surface area (Å²) >= 11 is 0. The van der Waals surface area contributed by atoms with Crippen LogP contribution in [-0.2, 0) is 21.3 Å². The van der Waals surface area contributed by atoms with Crippen molar-refractivity contribution in [3.63, 3.8) is 0 Å².